The molecule has 0 spiro atoms. The molecule has 0 unspecified atom stereocenters. The molecule has 2 heterocycles. The Labute approximate surface area is 334 Å². The summed E-state index contributed by atoms with van der Waals surface area (Å²) in [6.45, 7) is 12.8. The van der Waals surface area contributed by atoms with Crippen LogP contribution in [0.2, 0.25) is 5.02 Å². The summed E-state index contributed by atoms with van der Waals surface area (Å²) in [5.74, 6) is 7.48. The minimum atomic E-state index is 0.293. The van der Waals surface area contributed by atoms with Crippen molar-refractivity contribution in [3.8, 4) is 0 Å². The predicted octanol–water partition coefficient (Wildman–Crippen LogP) is 14.8. The van der Waals surface area contributed by atoms with Gasteiger partial charge in [-0.1, -0.05) is 90.0 Å². The lowest BCUT2D eigenvalue weighted by molar-refractivity contribution is -0.0809. The van der Waals surface area contributed by atoms with E-state index in [1.807, 2.05) is 24.7 Å². The summed E-state index contributed by atoms with van der Waals surface area (Å²) in [6, 6.07) is 4.15. The molecule has 0 bridgehead atoms. The molecule has 0 saturated heterocycles. The Hall–Kier alpha value is -1.93. The van der Waals surface area contributed by atoms with Gasteiger partial charge in [-0.05, 0) is 200 Å². The first-order valence-corrected chi connectivity index (χ1v) is 23.4. The van der Waals surface area contributed by atoms with Gasteiger partial charge in [0.05, 0.1) is 5.02 Å². The highest BCUT2D eigenvalue weighted by atomic mass is 35.5. The van der Waals surface area contributed by atoms with Gasteiger partial charge in [0.25, 0.3) is 0 Å². The third kappa shape index (κ3) is 5.97. The van der Waals surface area contributed by atoms with Crippen molar-refractivity contribution in [2.24, 2.45) is 69.0 Å². The van der Waals surface area contributed by atoms with E-state index >= 15 is 0 Å². The first kappa shape index (κ1) is 37.6. The monoisotopic (exact) mass is 747 g/mol. The minimum Gasteiger partial charge on any atom is -0.264 e. The van der Waals surface area contributed by atoms with Gasteiger partial charge in [0.15, 0.2) is 0 Å². The standard InChI is InChI=1S/C26H37N.C25H34ClN/c1-18-13-16-27-17-21(18)23-11-10-22-20-9-8-19-7-5-4-6-14-25(19,2)24(20)12-15-26(22,23)3;1-24-13-5-3-4-6-17(24)7-8-18-20-9-10-21(19-16-27-15-12-23(19)26)25(20,2)14-11-22(18)24/h11,13,16-17,19-20,22,24H,4-10,12,14-15H2,1-3H3;10,12,15-18,20,22H,3-9,11,13-14H2,1-2H3/t19-,20+,22+,24+,25+,26+;17-,18+,20+,22+,24+,25+/m11/s1. The third-order valence-electron chi connectivity index (χ3n) is 19.2. The van der Waals surface area contributed by atoms with Crippen LogP contribution in [0.25, 0.3) is 11.1 Å². The summed E-state index contributed by atoms with van der Waals surface area (Å²) in [5.41, 5.74) is 9.06. The molecule has 0 radical (unpaired) electrons. The molecule has 6 fully saturated rings. The molecule has 0 amide bonds. The normalized spacial score (nSPS) is 43.9. The molecule has 3 heteroatoms. The smallest absolute Gasteiger partial charge is 0.0512 e. The molecule has 8 aliphatic carbocycles. The van der Waals surface area contributed by atoms with Crippen molar-refractivity contribution in [2.45, 2.75) is 163 Å². The molecule has 54 heavy (non-hydrogen) atoms. The molecule has 12 atom stereocenters. The number of halogens is 1. The Balaban J connectivity index is 0.000000142. The maximum atomic E-state index is 6.59. The molecule has 2 nitrogen and oxygen atoms in total. The van der Waals surface area contributed by atoms with E-state index in [1.54, 1.807) is 5.57 Å². The summed E-state index contributed by atoms with van der Waals surface area (Å²) < 4.78 is 0. The van der Waals surface area contributed by atoms with Gasteiger partial charge in [-0.25, -0.2) is 0 Å². The Morgan fingerprint density at radius 3 is 1.56 bits per heavy atom. The molecule has 2 aromatic rings. The molecule has 2 aromatic heterocycles. The van der Waals surface area contributed by atoms with Crippen LogP contribution in [-0.4, -0.2) is 9.97 Å². The molecule has 292 valence electrons. The highest BCUT2D eigenvalue weighted by Gasteiger charge is 2.59. The molecule has 10 rings (SSSR count). The van der Waals surface area contributed by atoms with Crippen LogP contribution in [-0.2, 0) is 0 Å². The SMILES string of the molecule is C[C@]12CCCCC[C@@H]1CC[C@@H]1[C@@H]2CC[C@]2(C)C(c3cnccc3Cl)=CC[C@@H]12.Cc1ccncc1C1=CC[C@H]2[C@@H]3CC[C@H]4CCCCC[C@]4(C)[C@H]3CC[C@]12C. The number of rotatable bonds is 2. The summed E-state index contributed by atoms with van der Waals surface area (Å²) in [4.78, 5) is 8.87. The average molecular weight is 748 g/mol. The predicted molar refractivity (Wildman–Crippen MR) is 227 cm³/mol. The lowest BCUT2D eigenvalue weighted by Gasteiger charge is -2.59. The van der Waals surface area contributed by atoms with Gasteiger partial charge >= 0.3 is 0 Å². The van der Waals surface area contributed by atoms with Crippen LogP contribution in [0.3, 0.4) is 0 Å². The highest BCUT2D eigenvalue weighted by molar-refractivity contribution is 6.32. The zero-order valence-electron chi connectivity index (χ0n) is 34.7. The van der Waals surface area contributed by atoms with Crippen molar-refractivity contribution in [3.05, 3.63) is 70.8 Å². The van der Waals surface area contributed by atoms with Gasteiger partial charge in [0.2, 0.25) is 0 Å². The van der Waals surface area contributed by atoms with Crippen LogP contribution in [0.15, 0.2) is 49.1 Å². The van der Waals surface area contributed by atoms with Gasteiger partial charge in [0, 0.05) is 30.4 Å². The number of hydrogen-bond donors (Lipinski definition) is 0. The van der Waals surface area contributed by atoms with Crippen molar-refractivity contribution >= 4 is 22.7 Å². The van der Waals surface area contributed by atoms with Crippen molar-refractivity contribution in [3.63, 3.8) is 0 Å². The van der Waals surface area contributed by atoms with Crippen LogP contribution in [0.5, 0.6) is 0 Å². The Kier molecular flexibility index (Phi) is 10.1. The average Bonchev–Trinajstić information content (AvgIpc) is 3.52. The van der Waals surface area contributed by atoms with Crippen molar-refractivity contribution in [1.82, 2.24) is 9.97 Å². The molecule has 0 aliphatic heterocycles. The summed E-state index contributed by atoms with van der Waals surface area (Å²) in [6.07, 6.45) is 42.0. The van der Waals surface area contributed by atoms with Crippen LogP contribution in [0.4, 0.5) is 0 Å². The fraction of sp³-hybridized carbons (Fsp3) is 0.725. The van der Waals surface area contributed by atoms with E-state index in [9.17, 15) is 0 Å². The number of allylic oxidation sites excluding steroid dienone is 4. The third-order valence-corrected chi connectivity index (χ3v) is 19.5. The quantitative estimate of drug-likeness (QED) is 0.306. The number of hydrogen-bond acceptors (Lipinski definition) is 2. The first-order valence-electron chi connectivity index (χ1n) is 23.0. The molecule has 0 N–H and O–H groups in total. The molecule has 0 aromatic carbocycles. The molecule has 8 aliphatic rings. The fourth-order valence-electron chi connectivity index (χ4n) is 16.2. The van der Waals surface area contributed by atoms with Gasteiger partial charge < -0.3 is 0 Å². The van der Waals surface area contributed by atoms with Gasteiger partial charge in [-0.2, -0.15) is 0 Å². The second kappa shape index (κ2) is 14.5. The van der Waals surface area contributed by atoms with Crippen LogP contribution < -0.4 is 0 Å². The maximum absolute atomic E-state index is 6.59. The van der Waals surface area contributed by atoms with Crippen molar-refractivity contribution in [2.75, 3.05) is 0 Å². The zero-order chi connectivity index (χ0) is 37.3. The Bertz CT molecular complexity index is 1630. The number of fused-ring (bicyclic) bond motifs is 10. The van der Waals surface area contributed by atoms with E-state index in [2.05, 4.69) is 69.0 Å². The van der Waals surface area contributed by atoms with Crippen LogP contribution in [0, 0.1) is 75.9 Å². The van der Waals surface area contributed by atoms with Crippen molar-refractivity contribution in [1.29, 1.82) is 0 Å². The van der Waals surface area contributed by atoms with Crippen LogP contribution in [0.1, 0.15) is 173 Å². The van der Waals surface area contributed by atoms with E-state index < -0.39 is 0 Å². The number of aromatic nitrogens is 2. The highest BCUT2D eigenvalue weighted by Crippen LogP contribution is 2.69. The van der Waals surface area contributed by atoms with Crippen LogP contribution >= 0.6 is 11.6 Å². The van der Waals surface area contributed by atoms with E-state index in [0.717, 1.165) is 52.4 Å². The molecular weight excluding hydrogens is 676 g/mol. The minimum absolute atomic E-state index is 0.293. The maximum Gasteiger partial charge on any atom is 0.0512 e. The second-order valence-electron chi connectivity index (χ2n) is 21.2. The van der Waals surface area contributed by atoms with Crippen molar-refractivity contribution < 1.29 is 0 Å². The first-order chi connectivity index (χ1) is 26.1. The largest absolute Gasteiger partial charge is 0.264 e. The van der Waals surface area contributed by atoms with E-state index in [-0.39, 0.29) is 0 Å². The van der Waals surface area contributed by atoms with Gasteiger partial charge in [0.1, 0.15) is 0 Å². The number of nitrogens with zero attached hydrogens (tertiary/aromatic N) is 2. The van der Waals surface area contributed by atoms with E-state index in [1.165, 1.54) is 151 Å². The van der Waals surface area contributed by atoms with Gasteiger partial charge in [-0.3, -0.25) is 9.97 Å². The van der Waals surface area contributed by atoms with E-state index in [0.29, 0.717) is 21.7 Å². The number of aryl methyl sites for hydroxylation is 1. The van der Waals surface area contributed by atoms with E-state index in [4.69, 9.17) is 11.6 Å². The zero-order valence-corrected chi connectivity index (χ0v) is 35.4. The summed E-state index contributed by atoms with van der Waals surface area (Å²) in [5, 5.41) is 0.875. The second-order valence-corrected chi connectivity index (χ2v) is 21.6. The molecular formula is C51H71ClN2. The molecule has 6 saturated carbocycles. The van der Waals surface area contributed by atoms with Gasteiger partial charge in [-0.15, -0.1) is 0 Å². The Morgan fingerprint density at radius 2 is 1.04 bits per heavy atom. The topological polar surface area (TPSA) is 25.8 Å². The number of pyridine rings is 2. The fourth-order valence-corrected chi connectivity index (χ4v) is 16.4. The summed E-state index contributed by atoms with van der Waals surface area (Å²) >= 11 is 6.59. The summed E-state index contributed by atoms with van der Waals surface area (Å²) in [7, 11) is 0. The lowest BCUT2D eigenvalue weighted by atomic mass is 9.46. The Morgan fingerprint density at radius 1 is 0.537 bits per heavy atom. The lowest BCUT2D eigenvalue weighted by Crippen LogP contribution is -2.51.